The number of aryl methyl sites for hydroxylation is 1. The van der Waals surface area contributed by atoms with Crippen molar-refractivity contribution in [1.82, 2.24) is 9.97 Å². The lowest BCUT2D eigenvalue weighted by atomic mass is 10.3. The van der Waals surface area contributed by atoms with Crippen LogP contribution in [0.2, 0.25) is 0 Å². The van der Waals surface area contributed by atoms with E-state index in [-0.39, 0.29) is 17.3 Å². The van der Waals surface area contributed by atoms with E-state index in [9.17, 15) is 4.39 Å². The highest BCUT2D eigenvalue weighted by atomic mass is 79.9. The number of halogens is 2. The van der Waals surface area contributed by atoms with Gasteiger partial charge in [-0.2, -0.15) is 0 Å². The monoisotopic (exact) mass is 286 g/mol. The van der Waals surface area contributed by atoms with Gasteiger partial charge in [-0.15, -0.1) is 0 Å². The van der Waals surface area contributed by atoms with Crippen molar-refractivity contribution in [1.29, 1.82) is 0 Å². The van der Waals surface area contributed by atoms with Crippen molar-refractivity contribution in [3.8, 4) is 11.6 Å². The van der Waals surface area contributed by atoms with Gasteiger partial charge < -0.3 is 9.84 Å². The van der Waals surface area contributed by atoms with Gasteiger partial charge in [0.15, 0.2) is 23.2 Å². The predicted molar refractivity (Wildman–Crippen MR) is 59.9 cm³/mol. The minimum absolute atomic E-state index is 0.0641. The number of hydrogen-bond acceptors (Lipinski definition) is 5. The lowest BCUT2D eigenvalue weighted by molar-refractivity contribution is 0.570. The summed E-state index contributed by atoms with van der Waals surface area (Å²) in [5, 5.41) is 0. The molecule has 3 N–H and O–H groups in total. The molecule has 84 valence electrons. The van der Waals surface area contributed by atoms with Crippen molar-refractivity contribution in [3.63, 3.8) is 0 Å². The van der Waals surface area contributed by atoms with Gasteiger partial charge in [0.1, 0.15) is 0 Å². The highest BCUT2D eigenvalue weighted by Crippen LogP contribution is 2.28. The van der Waals surface area contributed by atoms with Gasteiger partial charge in [0.2, 0.25) is 0 Å². The Hall–Kier alpha value is -1.47. The zero-order chi connectivity index (χ0) is 11.7. The van der Waals surface area contributed by atoms with E-state index in [0.29, 0.717) is 10.2 Å². The maximum Gasteiger partial charge on any atom is 0.199 e. The van der Waals surface area contributed by atoms with Crippen LogP contribution in [0.3, 0.4) is 0 Å². The van der Waals surface area contributed by atoms with Crippen molar-refractivity contribution in [3.05, 3.63) is 28.3 Å². The van der Waals surface area contributed by atoms with E-state index in [1.807, 2.05) is 0 Å². The van der Waals surface area contributed by atoms with Crippen molar-refractivity contribution in [2.45, 2.75) is 6.92 Å². The van der Waals surface area contributed by atoms with Crippen molar-refractivity contribution in [2.24, 2.45) is 5.84 Å². The van der Waals surface area contributed by atoms with Crippen LogP contribution in [-0.2, 0) is 0 Å². The number of hydrazine groups is 1. The average molecular weight is 287 g/mol. The zero-order valence-electron chi connectivity index (χ0n) is 8.29. The van der Waals surface area contributed by atoms with Gasteiger partial charge in [0, 0.05) is 0 Å². The van der Waals surface area contributed by atoms with Crippen LogP contribution >= 0.6 is 15.9 Å². The topological polar surface area (TPSA) is 77.0 Å². The van der Waals surface area contributed by atoms with E-state index in [4.69, 9.17) is 10.3 Å². The van der Waals surface area contributed by atoms with Gasteiger partial charge in [-0.25, -0.2) is 20.2 Å². The van der Waals surface area contributed by atoms with Gasteiger partial charge in [0.05, 0.1) is 16.4 Å². The highest BCUT2D eigenvalue weighted by molar-refractivity contribution is 9.10. The van der Waals surface area contributed by atoms with Gasteiger partial charge in [-0.1, -0.05) is 0 Å². The fourth-order valence-electron chi connectivity index (χ4n) is 1.21. The Kier molecular flexibility index (Phi) is 2.88. The SMILES string of the molecule is Cc1nc(-c2occc2Br)nc(NN)c1F. The summed E-state index contributed by atoms with van der Waals surface area (Å²) in [6.07, 6.45) is 1.48. The summed E-state index contributed by atoms with van der Waals surface area (Å²) in [6, 6.07) is 1.70. The molecule has 2 rings (SSSR count). The quantitative estimate of drug-likeness (QED) is 0.654. The standard InChI is InChI=1S/C9H8BrFN4O/c1-4-6(11)8(15-12)14-9(13-4)7-5(10)2-3-16-7/h2-3H,12H2,1H3,(H,13,14,15). The fourth-order valence-corrected chi connectivity index (χ4v) is 1.59. The number of furan rings is 1. The highest BCUT2D eigenvalue weighted by Gasteiger charge is 2.15. The van der Waals surface area contributed by atoms with Crippen molar-refractivity contribution in [2.75, 3.05) is 5.43 Å². The molecule has 0 aliphatic carbocycles. The van der Waals surface area contributed by atoms with Crippen LogP contribution in [0.25, 0.3) is 11.6 Å². The first kappa shape index (κ1) is 11.0. The number of nitrogens with two attached hydrogens (primary N) is 1. The largest absolute Gasteiger partial charge is 0.460 e. The maximum atomic E-state index is 13.4. The average Bonchev–Trinajstić information content (AvgIpc) is 2.68. The normalized spacial score (nSPS) is 10.5. The molecule has 2 heterocycles. The van der Waals surface area contributed by atoms with Crippen LogP contribution in [-0.4, -0.2) is 9.97 Å². The number of nitrogen functional groups attached to an aromatic ring is 1. The van der Waals surface area contributed by atoms with Crippen molar-refractivity contribution >= 4 is 21.7 Å². The Morgan fingerprint density at radius 2 is 2.25 bits per heavy atom. The molecule has 16 heavy (non-hydrogen) atoms. The van der Waals surface area contributed by atoms with Gasteiger partial charge in [-0.3, -0.25) is 0 Å². The molecule has 0 radical (unpaired) electrons. The first-order chi connectivity index (χ1) is 7.63. The number of anilines is 1. The van der Waals surface area contributed by atoms with Crippen LogP contribution in [0.1, 0.15) is 5.69 Å². The van der Waals surface area contributed by atoms with E-state index in [1.165, 1.54) is 13.2 Å². The number of aromatic nitrogens is 2. The van der Waals surface area contributed by atoms with Crippen LogP contribution in [0.4, 0.5) is 10.2 Å². The molecule has 0 aromatic carbocycles. The Morgan fingerprint density at radius 1 is 1.50 bits per heavy atom. The summed E-state index contributed by atoms with van der Waals surface area (Å²) in [5.74, 6) is 5.22. The van der Waals surface area contributed by atoms with E-state index < -0.39 is 5.82 Å². The third-order valence-electron chi connectivity index (χ3n) is 1.97. The summed E-state index contributed by atoms with van der Waals surface area (Å²) in [4.78, 5) is 7.89. The molecular weight excluding hydrogens is 279 g/mol. The molecule has 0 saturated carbocycles. The molecule has 0 atom stereocenters. The predicted octanol–water partition coefficient (Wildman–Crippen LogP) is 2.23. The smallest absolute Gasteiger partial charge is 0.199 e. The Balaban J connectivity index is 2.59. The Morgan fingerprint density at radius 3 is 2.81 bits per heavy atom. The summed E-state index contributed by atoms with van der Waals surface area (Å²) in [6.45, 7) is 1.53. The summed E-state index contributed by atoms with van der Waals surface area (Å²) >= 11 is 3.27. The molecule has 2 aromatic rings. The number of rotatable bonds is 2. The molecule has 5 nitrogen and oxygen atoms in total. The van der Waals surface area contributed by atoms with Gasteiger partial charge in [-0.05, 0) is 28.9 Å². The zero-order valence-corrected chi connectivity index (χ0v) is 9.88. The van der Waals surface area contributed by atoms with Gasteiger partial charge in [0.25, 0.3) is 0 Å². The number of nitrogens with zero attached hydrogens (tertiary/aromatic N) is 2. The fraction of sp³-hybridized carbons (Fsp3) is 0.111. The molecule has 0 spiro atoms. The molecular formula is C9H8BrFN4O. The van der Waals surface area contributed by atoms with E-state index in [2.05, 4.69) is 31.3 Å². The molecule has 0 amide bonds. The third-order valence-corrected chi connectivity index (χ3v) is 2.60. The third kappa shape index (κ3) is 1.79. The lowest BCUT2D eigenvalue weighted by Gasteiger charge is -2.05. The minimum Gasteiger partial charge on any atom is -0.460 e. The van der Waals surface area contributed by atoms with Crippen molar-refractivity contribution < 1.29 is 8.81 Å². The summed E-state index contributed by atoms with van der Waals surface area (Å²) in [7, 11) is 0. The second kappa shape index (κ2) is 4.18. The Bertz CT molecular complexity index is 528. The van der Waals surface area contributed by atoms with E-state index >= 15 is 0 Å². The second-order valence-electron chi connectivity index (χ2n) is 3.04. The van der Waals surface area contributed by atoms with Crippen LogP contribution in [0.5, 0.6) is 0 Å². The first-order valence-electron chi connectivity index (χ1n) is 4.37. The van der Waals surface area contributed by atoms with E-state index in [1.54, 1.807) is 6.07 Å². The number of nitrogens with one attached hydrogen (secondary N) is 1. The lowest BCUT2D eigenvalue weighted by Crippen LogP contribution is -2.12. The van der Waals surface area contributed by atoms with E-state index in [0.717, 1.165) is 0 Å². The molecule has 0 saturated heterocycles. The Labute approximate surface area is 99.0 Å². The maximum absolute atomic E-state index is 13.4. The molecule has 0 aliphatic rings. The minimum atomic E-state index is -0.575. The molecule has 0 fully saturated rings. The molecule has 0 unspecified atom stereocenters. The molecule has 0 bridgehead atoms. The second-order valence-corrected chi connectivity index (χ2v) is 3.89. The summed E-state index contributed by atoms with van der Waals surface area (Å²) in [5.41, 5.74) is 2.37. The molecule has 0 aliphatic heterocycles. The van der Waals surface area contributed by atoms with Crippen LogP contribution in [0.15, 0.2) is 21.2 Å². The summed E-state index contributed by atoms with van der Waals surface area (Å²) < 4.78 is 19.3. The molecule has 7 heteroatoms. The van der Waals surface area contributed by atoms with Crippen LogP contribution < -0.4 is 11.3 Å². The number of hydrogen-bond donors (Lipinski definition) is 2. The first-order valence-corrected chi connectivity index (χ1v) is 5.17. The van der Waals surface area contributed by atoms with Crippen LogP contribution in [0, 0.1) is 12.7 Å². The van der Waals surface area contributed by atoms with Gasteiger partial charge >= 0.3 is 0 Å². The molecule has 2 aromatic heterocycles.